The summed E-state index contributed by atoms with van der Waals surface area (Å²) in [5.74, 6) is 2.51. The van der Waals surface area contributed by atoms with Gasteiger partial charge in [0.05, 0.1) is 6.54 Å². The Hall–Kier alpha value is -0.230. The molecule has 0 aliphatic carbocycles. The van der Waals surface area contributed by atoms with E-state index in [4.69, 9.17) is 11.2 Å². The number of halogens is 1. The molecular weight excluding hydrogens is 162 g/mol. The van der Waals surface area contributed by atoms with Crippen LogP contribution in [0.4, 0.5) is 0 Å². The standard InChI is InChI=1S/C8H15NO.ClH/c1-3-6-9-7-5-8-10-4-2;/h1,9H,4-8H2,2H3;1H. The van der Waals surface area contributed by atoms with Crippen LogP contribution in [0.5, 0.6) is 0 Å². The lowest BCUT2D eigenvalue weighted by Gasteiger charge is -2.00. The number of rotatable bonds is 6. The Bertz CT molecular complexity index is 101. The highest BCUT2D eigenvalue weighted by Crippen LogP contribution is 1.78. The SMILES string of the molecule is C#CCNCCCOCC.Cl. The lowest BCUT2D eigenvalue weighted by Crippen LogP contribution is -2.16. The molecule has 0 fully saturated rings. The predicted molar refractivity (Wildman–Crippen MR) is 50.1 cm³/mol. The van der Waals surface area contributed by atoms with Crippen LogP contribution >= 0.6 is 12.4 Å². The highest BCUT2D eigenvalue weighted by molar-refractivity contribution is 5.85. The third kappa shape index (κ3) is 12.9. The molecule has 0 unspecified atom stereocenters. The van der Waals surface area contributed by atoms with Gasteiger partial charge in [-0.3, -0.25) is 0 Å². The van der Waals surface area contributed by atoms with E-state index >= 15 is 0 Å². The van der Waals surface area contributed by atoms with Gasteiger partial charge in [0.2, 0.25) is 0 Å². The molecule has 0 aromatic carbocycles. The topological polar surface area (TPSA) is 21.3 Å². The van der Waals surface area contributed by atoms with Gasteiger partial charge in [-0.2, -0.15) is 0 Å². The van der Waals surface area contributed by atoms with Gasteiger partial charge in [0, 0.05) is 13.2 Å². The van der Waals surface area contributed by atoms with Crippen molar-refractivity contribution < 1.29 is 4.74 Å². The molecule has 1 N–H and O–H groups in total. The van der Waals surface area contributed by atoms with Gasteiger partial charge < -0.3 is 10.1 Å². The van der Waals surface area contributed by atoms with Crippen molar-refractivity contribution in [1.29, 1.82) is 0 Å². The largest absolute Gasteiger partial charge is 0.382 e. The van der Waals surface area contributed by atoms with Crippen molar-refractivity contribution in [3.8, 4) is 12.3 Å². The Balaban J connectivity index is 0. The van der Waals surface area contributed by atoms with Crippen LogP contribution in [-0.4, -0.2) is 26.3 Å². The highest BCUT2D eigenvalue weighted by atomic mass is 35.5. The fourth-order valence-electron chi connectivity index (χ4n) is 0.604. The molecule has 3 heteroatoms. The van der Waals surface area contributed by atoms with Crippen molar-refractivity contribution in [1.82, 2.24) is 5.32 Å². The van der Waals surface area contributed by atoms with Gasteiger partial charge in [0.25, 0.3) is 0 Å². The van der Waals surface area contributed by atoms with E-state index < -0.39 is 0 Å². The van der Waals surface area contributed by atoms with E-state index in [1.807, 2.05) is 6.92 Å². The second-order valence-corrected chi connectivity index (χ2v) is 1.93. The summed E-state index contributed by atoms with van der Waals surface area (Å²) in [6.07, 6.45) is 6.06. The summed E-state index contributed by atoms with van der Waals surface area (Å²) in [4.78, 5) is 0. The number of ether oxygens (including phenoxy) is 1. The third-order valence-electron chi connectivity index (χ3n) is 1.07. The minimum atomic E-state index is 0. The summed E-state index contributed by atoms with van der Waals surface area (Å²) in [7, 11) is 0. The molecule has 0 aromatic rings. The molecule has 0 bridgehead atoms. The molecule has 0 rings (SSSR count). The van der Waals surface area contributed by atoms with E-state index in [0.717, 1.165) is 26.2 Å². The van der Waals surface area contributed by atoms with Crippen LogP contribution in [0.15, 0.2) is 0 Å². The van der Waals surface area contributed by atoms with Crippen molar-refractivity contribution in [2.24, 2.45) is 0 Å². The van der Waals surface area contributed by atoms with Crippen LogP contribution in [0.1, 0.15) is 13.3 Å². The summed E-state index contributed by atoms with van der Waals surface area (Å²) in [6.45, 7) is 5.23. The maximum atomic E-state index is 5.12. The van der Waals surface area contributed by atoms with Gasteiger partial charge in [-0.1, -0.05) is 5.92 Å². The van der Waals surface area contributed by atoms with Crippen LogP contribution in [0.2, 0.25) is 0 Å². The zero-order chi connectivity index (χ0) is 7.66. The van der Waals surface area contributed by atoms with Gasteiger partial charge >= 0.3 is 0 Å². The molecule has 66 valence electrons. The van der Waals surface area contributed by atoms with Gasteiger partial charge in [-0.15, -0.1) is 18.8 Å². The van der Waals surface area contributed by atoms with Crippen LogP contribution in [0.3, 0.4) is 0 Å². The van der Waals surface area contributed by atoms with Gasteiger partial charge in [-0.05, 0) is 19.9 Å². The molecule has 0 atom stereocenters. The van der Waals surface area contributed by atoms with Crippen molar-refractivity contribution in [2.45, 2.75) is 13.3 Å². The van der Waals surface area contributed by atoms with Gasteiger partial charge in [-0.25, -0.2) is 0 Å². The number of terminal acetylenes is 1. The van der Waals surface area contributed by atoms with E-state index in [9.17, 15) is 0 Å². The van der Waals surface area contributed by atoms with Crippen molar-refractivity contribution in [2.75, 3.05) is 26.3 Å². The van der Waals surface area contributed by atoms with Crippen LogP contribution in [0, 0.1) is 12.3 Å². The molecule has 0 saturated carbocycles. The average molecular weight is 178 g/mol. The van der Waals surface area contributed by atoms with Gasteiger partial charge in [0.1, 0.15) is 0 Å². The Morgan fingerprint density at radius 2 is 2.27 bits per heavy atom. The Morgan fingerprint density at radius 1 is 1.55 bits per heavy atom. The first kappa shape index (κ1) is 13.4. The lowest BCUT2D eigenvalue weighted by molar-refractivity contribution is 0.145. The fourth-order valence-corrected chi connectivity index (χ4v) is 0.604. The van der Waals surface area contributed by atoms with Crippen LogP contribution in [0.25, 0.3) is 0 Å². The molecule has 0 saturated heterocycles. The Kier molecular flexibility index (Phi) is 15.1. The minimum Gasteiger partial charge on any atom is -0.382 e. The molecule has 0 radical (unpaired) electrons. The second kappa shape index (κ2) is 12.4. The third-order valence-corrected chi connectivity index (χ3v) is 1.07. The maximum Gasteiger partial charge on any atom is 0.0573 e. The molecule has 0 aromatic heterocycles. The molecule has 2 nitrogen and oxygen atoms in total. The lowest BCUT2D eigenvalue weighted by atomic mass is 10.4. The van der Waals surface area contributed by atoms with Crippen LogP contribution < -0.4 is 5.32 Å². The monoisotopic (exact) mass is 177 g/mol. The summed E-state index contributed by atoms with van der Waals surface area (Å²) >= 11 is 0. The molecule has 11 heavy (non-hydrogen) atoms. The van der Waals surface area contributed by atoms with E-state index in [-0.39, 0.29) is 12.4 Å². The molecule has 0 spiro atoms. The minimum absolute atomic E-state index is 0. The van der Waals surface area contributed by atoms with Crippen molar-refractivity contribution in [3.63, 3.8) is 0 Å². The van der Waals surface area contributed by atoms with Crippen molar-refractivity contribution in [3.05, 3.63) is 0 Å². The summed E-state index contributed by atoms with van der Waals surface area (Å²) in [6, 6.07) is 0. The highest BCUT2D eigenvalue weighted by Gasteiger charge is 1.84. The zero-order valence-corrected chi connectivity index (χ0v) is 7.75. The van der Waals surface area contributed by atoms with Crippen LogP contribution in [-0.2, 0) is 4.74 Å². The molecule has 0 aliphatic heterocycles. The summed E-state index contributed by atoms with van der Waals surface area (Å²) in [5, 5.41) is 3.08. The normalized spacial score (nSPS) is 8.36. The Labute approximate surface area is 75.1 Å². The van der Waals surface area contributed by atoms with Gasteiger partial charge in [0.15, 0.2) is 0 Å². The number of hydrogen-bond acceptors (Lipinski definition) is 2. The smallest absolute Gasteiger partial charge is 0.0573 e. The molecular formula is C8H16ClNO. The quantitative estimate of drug-likeness (QED) is 0.484. The summed E-state index contributed by atoms with van der Waals surface area (Å²) < 4.78 is 5.12. The van der Waals surface area contributed by atoms with Crippen molar-refractivity contribution >= 4 is 12.4 Å². The van der Waals surface area contributed by atoms with E-state index in [0.29, 0.717) is 6.54 Å². The number of hydrogen-bond donors (Lipinski definition) is 1. The first-order valence-corrected chi connectivity index (χ1v) is 3.63. The molecule has 0 heterocycles. The second-order valence-electron chi connectivity index (χ2n) is 1.93. The van der Waals surface area contributed by atoms with E-state index in [1.165, 1.54) is 0 Å². The first-order valence-electron chi connectivity index (χ1n) is 3.63. The maximum absolute atomic E-state index is 5.12. The average Bonchev–Trinajstić information content (AvgIpc) is 1.97. The molecule has 0 amide bonds. The van der Waals surface area contributed by atoms with E-state index in [1.54, 1.807) is 0 Å². The number of nitrogens with one attached hydrogen (secondary N) is 1. The summed E-state index contributed by atoms with van der Waals surface area (Å²) in [5.41, 5.74) is 0. The predicted octanol–water partition coefficient (Wildman–Crippen LogP) is 1.06. The zero-order valence-electron chi connectivity index (χ0n) is 6.93. The first-order chi connectivity index (χ1) is 4.91. The molecule has 0 aliphatic rings. The van der Waals surface area contributed by atoms with E-state index in [2.05, 4.69) is 11.2 Å². The fraction of sp³-hybridized carbons (Fsp3) is 0.750. The Morgan fingerprint density at radius 3 is 2.82 bits per heavy atom.